The number of hydrogen-bond acceptors (Lipinski definition) is 4. The van der Waals surface area contributed by atoms with Gasteiger partial charge in [0, 0.05) is 23.1 Å². The SMILES string of the molecule is CSc1ccccc1NC(=O)CN(C)C(=O)c1ccccc1COc1ccccc1. The summed E-state index contributed by atoms with van der Waals surface area (Å²) in [6.07, 6.45) is 1.95. The van der Waals surface area contributed by atoms with Crippen molar-refractivity contribution in [2.75, 3.05) is 25.2 Å². The Labute approximate surface area is 181 Å². The number of rotatable bonds is 8. The van der Waals surface area contributed by atoms with E-state index in [0.29, 0.717) is 5.56 Å². The van der Waals surface area contributed by atoms with Crippen molar-refractivity contribution in [1.29, 1.82) is 0 Å². The van der Waals surface area contributed by atoms with E-state index in [9.17, 15) is 9.59 Å². The first-order chi connectivity index (χ1) is 14.6. The number of nitrogens with zero attached hydrogens (tertiary/aromatic N) is 1. The lowest BCUT2D eigenvalue weighted by atomic mass is 10.1. The number of carbonyl (C=O) groups is 2. The van der Waals surface area contributed by atoms with Gasteiger partial charge in [0.15, 0.2) is 0 Å². The van der Waals surface area contributed by atoms with E-state index in [1.807, 2.05) is 79.1 Å². The van der Waals surface area contributed by atoms with Crippen molar-refractivity contribution >= 4 is 29.3 Å². The maximum atomic E-state index is 13.0. The second-order valence-corrected chi connectivity index (χ2v) is 7.52. The number of ether oxygens (including phenoxy) is 1. The summed E-state index contributed by atoms with van der Waals surface area (Å²) < 4.78 is 5.80. The van der Waals surface area contributed by atoms with Crippen molar-refractivity contribution in [2.45, 2.75) is 11.5 Å². The molecule has 5 nitrogen and oxygen atoms in total. The highest BCUT2D eigenvalue weighted by molar-refractivity contribution is 7.98. The number of amides is 2. The average Bonchev–Trinajstić information content (AvgIpc) is 2.78. The maximum absolute atomic E-state index is 13.0. The van der Waals surface area contributed by atoms with Gasteiger partial charge in [-0.3, -0.25) is 9.59 Å². The molecule has 0 fully saturated rings. The normalized spacial score (nSPS) is 10.3. The van der Waals surface area contributed by atoms with E-state index in [2.05, 4.69) is 5.32 Å². The van der Waals surface area contributed by atoms with Crippen LogP contribution in [0, 0.1) is 0 Å². The van der Waals surface area contributed by atoms with E-state index in [-0.39, 0.29) is 25.0 Å². The second-order valence-electron chi connectivity index (χ2n) is 6.67. The molecule has 3 aromatic rings. The summed E-state index contributed by atoms with van der Waals surface area (Å²) in [6.45, 7) is 0.225. The highest BCUT2D eigenvalue weighted by Crippen LogP contribution is 2.24. The minimum atomic E-state index is -0.245. The van der Waals surface area contributed by atoms with E-state index >= 15 is 0 Å². The first-order valence-corrected chi connectivity index (χ1v) is 10.7. The summed E-state index contributed by atoms with van der Waals surface area (Å²) in [6, 6.07) is 24.3. The van der Waals surface area contributed by atoms with Gasteiger partial charge >= 0.3 is 0 Å². The van der Waals surface area contributed by atoms with Gasteiger partial charge in [-0.2, -0.15) is 0 Å². The molecule has 0 aliphatic carbocycles. The molecule has 0 unspecified atom stereocenters. The van der Waals surface area contributed by atoms with E-state index in [1.54, 1.807) is 24.9 Å². The van der Waals surface area contributed by atoms with Crippen LogP contribution in [-0.4, -0.2) is 36.6 Å². The lowest BCUT2D eigenvalue weighted by Gasteiger charge is -2.19. The zero-order valence-electron chi connectivity index (χ0n) is 17.0. The summed E-state index contributed by atoms with van der Waals surface area (Å²) >= 11 is 1.56. The van der Waals surface area contributed by atoms with Crippen LogP contribution in [0.2, 0.25) is 0 Å². The van der Waals surface area contributed by atoms with Gasteiger partial charge in [0.1, 0.15) is 12.4 Å². The molecular weight excluding hydrogens is 396 g/mol. The summed E-state index contributed by atoms with van der Waals surface area (Å²) in [4.78, 5) is 27.8. The minimum Gasteiger partial charge on any atom is -0.489 e. The van der Waals surface area contributed by atoms with Gasteiger partial charge in [0.25, 0.3) is 5.91 Å². The van der Waals surface area contributed by atoms with Crippen LogP contribution < -0.4 is 10.1 Å². The Morgan fingerprint density at radius 2 is 1.60 bits per heavy atom. The van der Waals surface area contributed by atoms with Crippen LogP contribution in [0.25, 0.3) is 0 Å². The fourth-order valence-corrected chi connectivity index (χ4v) is 3.52. The van der Waals surface area contributed by atoms with Gasteiger partial charge in [-0.05, 0) is 36.6 Å². The topological polar surface area (TPSA) is 58.6 Å². The summed E-state index contributed by atoms with van der Waals surface area (Å²) in [7, 11) is 1.62. The Morgan fingerprint density at radius 3 is 2.37 bits per heavy atom. The molecule has 0 heterocycles. The molecule has 2 amide bonds. The van der Waals surface area contributed by atoms with Crippen LogP contribution in [-0.2, 0) is 11.4 Å². The van der Waals surface area contributed by atoms with Gasteiger partial charge in [-0.25, -0.2) is 0 Å². The molecule has 30 heavy (non-hydrogen) atoms. The van der Waals surface area contributed by atoms with Gasteiger partial charge < -0.3 is 15.0 Å². The fourth-order valence-electron chi connectivity index (χ4n) is 2.96. The summed E-state index contributed by atoms with van der Waals surface area (Å²) in [5, 5.41) is 2.88. The van der Waals surface area contributed by atoms with Crippen molar-refractivity contribution in [3.63, 3.8) is 0 Å². The predicted molar refractivity (Wildman–Crippen MR) is 121 cm³/mol. The Morgan fingerprint density at radius 1 is 0.933 bits per heavy atom. The Hall–Kier alpha value is -3.25. The van der Waals surface area contributed by atoms with Crippen molar-refractivity contribution in [3.05, 3.63) is 90.0 Å². The molecule has 154 valence electrons. The zero-order chi connectivity index (χ0) is 21.3. The largest absolute Gasteiger partial charge is 0.489 e. The number of para-hydroxylation sites is 2. The Kier molecular flexibility index (Phi) is 7.51. The molecule has 0 aromatic heterocycles. The number of anilines is 1. The highest BCUT2D eigenvalue weighted by Gasteiger charge is 2.18. The molecule has 3 rings (SSSR count). The number of benzene rings is 3. The number of hydrogen-bond donors (Lipinski definition) is 1. The smallest absolute Gasteiger partial charge is 0.254 e. The monoisotopic (exact) mass is 420 g/mol. The Balaban J connectivity index is 1.65. The second kappa shape index (κ2) is 10.5. The number of likely N-dealkylation sites (N-methyl/N-ethyl adjacent to an activating group) is 1. The van der Waals surface area contributed by atoms with Crippen molar-refractivity contribution in [2.24, 2.45) is 0 Å². The van der Waals surface area contributed by atoms with Crippen LogP contribution in [0.4, 0.5) is 5.69 Å². The lowest BCUT2D eigenvalue weighted by molar-refractivity contribution is -0.116. The van der Waals surface area contributed by atoms with Crippen LogP contribution in [0.3, 0.4) is 0 Å². The van der Waals surface area contributed by atoms with Crippen LogP contribution >= 0.6 is 11.8 Å². The average molecular weight is 421 g/mol. The molecule has 0 atom stereocenters. The first-order valence-electron chi connectivity index (χ1n) is 9.52. The van der Waals surface area contributed by atoms with E-state index in [0.717, 1.165) is 21.9 Å². The molecule has 0 saturated carbocycles. The third kappa shape index (κ3) is 5.64. The number of thioether (sulfide) groups is 1. The standard InChI is InChI=1S/C24H24N2O3S/c1-26(16-23(27)25-21-14-8-9-15-22(21)30-2)24(28)20-13-7-6-10-18(20)17-29-19-11-4-3-5-12-19/h3-15H,16-17H2,1-2H3,(H,25,27). The highest BCUT2D eigenvalue weighted by atomic mass is 32.2. The van der Waals surface area contributed by atoms with Crippen LogP contribution in [0.5, 0.6) is 5.75 Å². The van der Waals surface area contributed by atoms with Crippen molar-refractivity contribution in [1.82, 2.24) is 4.90 Å². The van der Waals surface area contributed by atoms with Crippen LogP contribution in [0.1, 0.15) is 15.9 Å². The van der Waals surface area contributed by atoms with Gasteiger partial charge in [0.05, 0.1) is 12.2 Å². The molecule has 0 bridgehead atoms. The maximum Gasteiger partial charge on any atom is 0.254 e. The quantitative estimate of drug-likeness (QED) is 0.537. The van der Waals surface area contributed by atoms with Crippen molar-refractivity contribution in [3.8, 4) is 5.75 Å². The molecule has 0 spiro atoms. The molecule has 0 radical (unpaired) electrons. The fraction of sp³-hybridized carbons (Fsp3) is 0.167. The molecule has 0 aliphatic heterocycles. The number of nitrogens with one attached hydrogen (secondary N) is 1. The van der Waals surface area contributed by atoms with Crippen LogP contribution in [0.15, 0.2) is 83.8 Å². The van der Waals surface area contributed by atoms with E-state index in [4.69, 9.17) is 4.74 Å². The molecule has 1 N–H and O–H groups in total. The summed E-state index contributed by atoms with van der Waals surface area (Å²) in [5.74, 6) is 0.265. The van der Waals surface area contributed by atoms with Gasteiger partial charge in [-0.15, -0.1) is 11.8 Å². The van der Waals surface area contributed by atoms with E-state index < -0.39 is 0 Å². The molecule has 0 aliphatic rings. The third-order valence-electron chi connectivity index (χ3n) is 4.49. The van der Waals surface area contributed by atoms with Gasteiger partial charge in [0.2, 0.25) is 5.91 Å². The van der Waals surface area contributed by atoms with Crippen molar-refractivity contribution < 1.29 is 14.3 Å². The van der Waals surface area contributed by atoms with E-state index in [1.165, 1.54) is 4.90 Å². The summed E-state index contributed by atoms with van der Waals surface area (Å²) in [5.41, 5.74) is 2.03. The Bertz CT molecular complexity index is 1010. The lowest BCUT2D eigenvalue weighted by Crippen LogP contribution is -2.35. The molecular formula is C24H24N2O3S. The molecule has 6 heteroatoms. The third-order valence-corrected chi connectivity index (χ3v) is 5.29. The van der Waals surface area contributed by atoms with Gasteiger partial charge in [-0.1, -0.05) is 48.5 Å². The molecule has 3 aromatic carbocycles. The predicted octanol–water partition coefficient (Wildman–Crippen LogP) is 4.70. The first kappa shape index (κ1) is 21.5. The minimum absolute atomic E-state index is 0.0462. The zero-order valence-corrected chi connectivity index (χ0v) is 17.8. The number of carbonyl (C=O) groups excluding carboxylic acids is 2. The molecule has 0 saturated heterocycles.